The van der Waals surface area contributed by atoms with Crippen molar-refractivity contribution < 1.29 is 20.0 Å². The molecule has 0 atom stereocenters. The van der Waals surface area contributed by atoms with E-state index in [1.54, 1.807) is 0 Å². The van der Waals surface area contributed by atoms with Crippen molar-refractivity contribution in [1.82, 2.24) is 0 Å². The fourth-order valence-corrected chi connectivity index (χ4v) is 6.34. The minimum absolute atomic E-state index is 0. The standard InChI is InChI=1S/C31H29.C6H5.C5H5.C2H4.2ClH.Ti/c1-18-11-20(3)30(21(4)12-18)26-9-7-24-15-25-8-10-27(17-29(25)28(24)16-26)31-22(5)13-19(2)14-23(31)6;1-2-4-6-5-3-1;1-2-4-5-3-1;1-2;;;/h7,9-14,16-17H,15H2,1-6H3;1-5H;1-3H,4H2;1H,2H3;2*1H;/q3*-1;;;;. The van der Waals surface area contributed by atoms with E-state index in [4.69, 9.17) is 0 Å². The Morgan fingerprint density at radius 2 is 1.21 bits per heavy atom. The summed E-state index contributed by atoms with van der Waals surface area (Å²) >= 11 is 2.00. The molecule has 0 heterocycles. The molecule has 0 spiro atoms. The first kappa shape index (κ1) is 39.9. The maximum atomic E-state index is 3.62. The van der Waals surface area contributed by atoms with Crippen molar-refractivity contribution in [1.29, 1.82) is 0 Å². The number of hydrogen-bond acceptors (Lipinski definition) is 0. The van der Waals surface area contributed by atoms with Crippen LogP contribution in [0.15, 0.2) is 103 Å². The molecule has 2 aliphatic rings. The van der Waals surface area contributed by atoms with Gasteiger partial charge >= 0.3 is 31.2 Å². The summed E-state index contributed by atoms with van der Waals surface area (Å²) in [6.07, 6.45) is 11.0. The van der Waals surface area contributed by atoms with E-state index in [-0.39, 0.29) is 24.8 Å². The van der Waals surface area contributed by atoms with E-state index >= 15 is 0 Å². The van der Waals surface area contributed by atoms with Gasteiger partial charge in [-0.15, -0.1) is 42.4 Å². The molecule has 0 aromatic heterocycles. The molecule has 5 aromatic carbocycles. The molecular weight excluding hydrogens is 647 g/mol. The molecule has 242 valence electrons. The van der Waals surface area contributed by atoms with Crippen LogP contribution in [-0.2, 0) is 26.4 Å². The van der Waals surface area contributed by atoms with Crippen molar-refractivity contribution in [3.8, 4) is 33.4 Å². The van der Waals surface area contributed by atoms with Gasteiger partial charge in [0, 0.05) is 0 Å². The monoisotopic (exact) mass is 691 g/mol. The van der Waals surface area contributed by atoms with Crippen molar-refractivity contribution in [2.45, 2.75) is 61.3 Å². The predicted octanol–water partition coefficient (Wildman–Crippen LogP) is 12.2. The van der Waals surface area contributed by atoms with E-state index in [2.05, 4.69) is 120 Å². The molecule has 0 aliphatic heterocycles. The smallest absolute Gasteiger partial charge is 0.0125 e. The average Bonchev–Trinajstić information content (AvgIpc) is 3.70. The van der Waals surface area contributed by atoms with Crippen LogP contribution in [-0.4, -0.2) is 4.31 Å². The Bertz CT molecular complexity index is 1640. The second kappa shape index (κ2) is 19.5. The molecule has 0 nitrogen and oxygen atoms in total. The van der Waals surface area contributed by atoms with Gasteiger partial charge in [-0.05, 0) is 70.2 Å². The Labute approximate surface area is 307 Å². The van der Waals surface area contributed by atoms with Gasteiger partial charge in [0.05, 0.1) is 0 Å². The van der Waals surface area contributed by atoms with Gasteiger partial charge in [-0.2, -0.15) is 66.2 Å². The fourth-order valence-electron chi connectivity index (χ4n) is 6.34. The van der Waals surface area contributed by atoms with Gasteiger partial charge in [-0.1, -0.05) is 81.4 Å². The van der Waals surface area contributed by atoms with Gasteiger partial charge in [-0.25, -0.2) is 12.2 Å². The molecule has 0 radical (unpaired) electrons. The largest absolute Gasteiger partial charge is 0.273 e. The first-order valence-corrected chi connectivity index (χ1v) is 16.6. The van der Waals surface area contributed by atoms with E-state index in [1.807, 2.05) is 73.7 Å². The van der Waals surface area contributed by atoms with E-state index in [1.165, 1.54) is 77.9 Å². The molecule has 0 fully saturated rings. The zero-order valence-corrected chi connectivity index (χ0v) is 31.8. The molecule has 0 N–H and O–H groups in total. The van der Waals surface area contributed by atoms with Gasteiger partial charge in [0.1, 0.15) is 0 Å². The van der Waals surface area contributed by atoms with Crippen LogP contribution in [0, 0.1) is 59.8 Å². The normalized spacial score (nSPS) is 11.1. The Balaban J connectivity index is 0.000000400. The Morgan fingerprint density at radius 3 is 1.64 bits per heavy atom. The average molecular weight is 693 g/mol. The number of halogens is 2. The SMILES string of the molecule is C[CH]=[Ti].Cc1cc(C)c(-c2c[c-]c3c(c2)-c2cc(-c4c(C)cc(C)cc4C)ccc2C3)c(C)c1.Cl.Cl.[C-]1=CC=CC1.[c-]1ccccc1. The summed E-state index contributed by atoms with van der Waals surface area (Å²) in [5.74, 6) is 0. The van der Waals surface area contributed by atoms with Crippen molar-refractivity contribution in [3.05, 3.63) is 166 Å². The van der Waals surface area contributed by atoms with Gasteiger partial charge < -0.3 is 0 Å². The summed E-state index contributed by atoms with van der Waals surface area (Å²) in [5.41, 5.74) is 18.8. The van der Waals surface area contributed by atoms with Crippen LogP contribution in [0.3, 0.4) is 0 Å². The summed E-state index contributed by atoms with van der Waals surface area (Å²) in [6, 6.07) is 36.9. The number of hydrogen-bond donors (Lipinski definition) is 0. The van der Waals surface area contributed by atoms with E-state index in [9.17, 15) is 0 Å². The number of fused-ring (bicyclic) bond motifs is 3. The number of benzene rings is 5. The zero-order chi connectivity index (χ0) is 32.3. The topological polar surface area (TPSA) is 0 Å². The minimum Gasteiger partial charge on any atom is -0.273 e. The molecule has 7 rings (SSSR count). The molecular formula is C44H45Cl2Ti-3. The van der Waals surface area contributed by atoms with Crippen LogP contribution >= 0.6 is 24.8 Å². The van der Waals surface area contributed by atoms with Crippen LogP contribution in [0.1, 0.15) is 57.9 Å². The van der Waals surface area contributed by atoms with E-state index in [0.29, 0.717) is 0 Å². The predicted molar refractivity (Wildman–Crippen MR) is 206 cm³/mol. The van der Waals surface area contributed by atoms with Gasteiger partial charge in [0.2, 0.25) is 0 Å². The molecule has 3 heteroatoms. The van der Waals surface area contributed by atoms with Crippen molar-refractivity contribution in [3.63, 3.8) is 0 Å². The molecule has 0 saturated carbocycles. The summed E-state index contributed by atoms with van der Waals surface area (Å²) in [7, 11) is 0. The number of rotatable bonds is 2. The quantitative estimate of drug-likeness (QED) is 0.125. The summed E-state index contributed by atoms with van der Waals surface area (Å²) in [5, 5.41) is 0. The molecule has 0 unspecified atom stereocenters. The molecule has 0 bridgehead atoms. The Hall–Kier alpha value is -3.26. The molecule has 0 amide bonds. The van der Waals surface area contributed by atoms with Gasteiger partial charge in [-0.3, -0.25) is 6.08 Å². The Kier molecular flexibility index (Phi) is 16.6. The first-order valence-electron chi connectivity index (χ1n) is 15.7. The molecule has 47 heavy (non-hydrogen) atoms. The van der Waals surface area contributed by atoms with Crippen molar-refractivity contribution in [2.75, 3.05) is 0 Å². The third-order valence-electron chi connectivity index (χ3n) is 7.92. The van der Waals surface area contributed by atoms with Gasteiger partial charge in [0.15, 0.2) is 0 Å². The second-order valence-electron chi connectivity index (χ2n) is 11.7. The van der Waals surface area contributed by atoms with Crippen LogP contribution < -0.4 is 0 Å². The van der Waals surface area contributed by atoms with Crippen LogP contribution in [0.25, 0.3) is 33.4 Å². The van der Waals surface area contributed by atoms with Crippen LogP contribution in [0.5, 0.6) is 0 Å². The maximum Gasteiger partial charge on any atom is -0.0125 e. The summed E-state index contributed by atoms with van der Waals surface area (Å²) in [4.78, 5) is 0. The van der Waals surface area contributed by atoms with Crippen LogP contribution in [0.4, 0.5) is 0 Å². The molecule has 2 aliphatic carbocycles. The second-order valence-corrected chi connectivity index (χ2v) is 12.6. The minimum atomic E-state index is 0. The summed E-state index contributed by atoms with van der Waals surface area (Å²) < 4.78 is 2.00. The first-order chi connectivity index (χ1) is 21.7. The number of aryl methyl sites for hydroxylation is 6. The van der Waals surface area contributed by atoms with E-state index < -0.39 is 0 Å². The number of allylic oxidation sites excluding steroid dienone is 4. The third-order valence-corrected chi connectivity index (χ3v) is 7.92. The zero-order valence-electron chi connectivity index (χ0n) is 28.6. The maximum absolute atomic E-state index is 3.62. The van der Waals surface area contributed by atoms with E-state index in [0.717, 1.165) is 12.8 Å². The molecule has 0 saturated heterocycles. The fraction of sp³-hybridized carbons (Fsp3) is 0.205. The molecule has 5 aromatic rings. The van der Waals surface area contributed by atoms with Crippen molar-refractivity contribution in [2.24, 2.45) is 0 Å². The summed E-state index contributed by atoms with van der Waals surface area (Å²) in [6.45, 7) is 15.2. The van der Waals surface area contributed by atoms with Gasteiger partial charge in [0.25, 0.3) is 0 Å². The van der Waals surface area contributed by atoms with Crippen molar-refractivity contribution >= 4 is 29.1 Å². The third kappa shape index (κ3) is 10.6. The van der Waals surface area contributed by atoms with Crippen LogP contribution in [0.2, 0.25) is 0 Å². The Morgan fingerprint density at radius 1 is 0.681 bits per heavy atom.